The number of rotatable bonds is 2. The molecule has 1 saturated carbocycles. The summed E-state index contributed by atoms with van der Waals surface area (Å²) in [6.45, 7) is 0. The van der Waals surface area contributed by atoms with E-state index in [2.05, 4.69) is 4.98 Å². The fourth-order valence-corrected chi connectivity index (χ4v) is 2.12. The Hall–Kier alpha value is -1.77. The molecule has 3 heteroatoms. The number of hydrogen-bond donors (Lipinski definition) is 1. The first-order chi connectivity index (χ1) is 7.33. The van der Waals surface area contributed by atoms with E-state index < -0.39 is 0 Å². The maximum atomic E-state index is 9.83. The number of hydrogen-bond acceptors (Lipinski definition) is 3. The van der Waals surface area contributed by atoms with Gasteiger partial charge in [-0.2, -0.15) is 0 Å². The lowest BCUT2D eigenvalue weighted by Gasteiger charge is -2.13. The van der Waals surface area contributed by atoms with E-state index in [4.69, 9.17) is 4.42 Å². The Balaban J connectivity index is 2.12. The van der Waals surface area contributed by atoms with Crippen LogP contribution in [0.4, 0.5) is 0 Å². The van der Waals surface area contributed by atoms with Gasteiger partial charge in [0, 0.05) is 11.0 Å². The van der Waals surface area contributed by atoms with Crippen LogP contribution in [0.2, 0.25) is 0 Å². The van der Waals surface area contributed by atoms with E-state index >= 15 is 0 Å². The van der Waals surface area contributed by atoms with Crippen LogP contribution in [0.25, 0.3) is 0 Å². The summed E-state index contributed by atoms with van der Waals surface area (Å²) in [7, 11) is 0. The van der Waals surface area contributed by atoms with Gasteiger partial charge in [0.05, 0.1) is 5.69 Å². The summed E-state index contributed by atoms with van der Waals surface area (Å²) in [6.07, 6.45) is 5.16. The van der Waals surface area contributed by atoms with Crippen molar-refractivity contribution in [2.24, 2.45) is 0 Å². The quantitative estimate of drug-likeness (QED) is 0.811. The number of aromatic hydroxyl groups is 1. The summed E-state index contributed by atoms with van der Waals surface area (Å²) in [6, 6.07) is 7.44. The second-order valence-corrected chi connectivity index (χ2v) is 3.97. The normalized spacial score (nSPS) is 17.6. The van der Waals surface area contributed by atoms with Gasteiger partial charge in [-0.25, -0.2) is 4.98 Å². The molecule has 3 rings (SSSR count). The van der Waals surface area contributed by atoms with Crippen LogP contribution in [-0.2, 0) is 5.41 Å². The van der Waals surface area contributed by atoms with E-state index in [-0.39, 0.29) is 5.41 Å². The Labute approximate surface area is 87.4 Å². The average molecular weight is 201 g/mol. The predicted octanol–water partition coefficient (Wildman–Crippen LogP) is 2.46. The lowest BCUT2D eigenvalue weighted by Crippen LogP contribution is -2.08. The lowest BCUT2D eigenvalue weighted by molar-refractivity contribution is 0.462. The first-order valence-electron chi connectivity index (χ1n) is 5.00. The number of phenolic OH excluding ortho intramolecular Hbond substituents is 1. The zero-order valence-electron chi connectivity index (χ0n) is 8.18. The van der Waals surface area contributed by atoms with Gasteiger partial charge < -0.3 is 9.52 Å². The van der Waals surface area contributed by atoms with E-state index in [1.807, 2.05) is 18.2 Å². The van der Waals surface area contributed by atoms with Crippen molar-refractivity contribution >= 4 is 0 Å². The number of phenols is 1. The maximum Gasteiger partial charge on any atom is 0.180 e. The van der Waals surface area contributed by atoms with Gasteiger partial charge in [0.2, 0.25) is 0 Å². The molecular formula is C12H11NO2. The molecule has 0 bridgehead atoms. The summed E-state index contributed by atoms with van der Waals surface area (Å²) in [5.41, 5.74) is 1.78. The smallest absolute Gasteiger partial charge is 0.180 e. The van der Waals surface area contributed by atoms with Gasteiger partial charge in [0.15, 0.2) is 6.39 Å². The van der Waals surface area contributed by atoms with Gasteiger partial charge in [-0.3, -0.25) is 0 Å². The minimum Gasteiger partial charge on any atom is -0.508 e. The SMILES string of the molecule is Oc1ccccc1C1(c2cocn2)CC1. The molecule has 1 aromatic carbocycles. The van der Waals surface area contributed by atoms with Crippen LogP contribution in [0.15, 0.2) is 41.3 Å². The second kappa shape index (κ2) is 2.86. The molecule has 2 aromatic rings. The van der Waals surface area contributed by atoms with Gasteiger partial charge in [-0.05, 0) is 18.9 Å². The molecule has 1 N–H and O–H groups in total. The Bertz CT molecular complexity index is 472. The predicted molar refractivity (Wildman–Crippen MR) is 54.6 cm³/mol. The van der Waals surface area contributed by atoms with Gasteiger partial charge in [0.1, 0.15) is 12.0 Å². The van der Waals surface area contributed by atoms with Crippen molar-refractivity contribution in [1.82, 2.24) is 4.98 Å². The molecule has 3 nitrogen and oxygen atoms in total. The molecule has 0 amide bonds. The maximum absolute atomic E-state index is 9.83. The van der Waals surface area contributed by atoms with E-state index in [9.17, 15) is 5.11 Å². The molecule has 1 aliphatic rings. The zero-order valence-corrected chi connectivity index (χ0v) is 8.18. The van der Waals surface area contributed by atoms with Crippen molar-refractivity contribution in [2.45, 2.75) is 18.3 Å². The number of benzene rings is 1. The Morgan fingerprint density at radius 2 is 2.07 bits per heavy atom. The van der Waals surface area contributed by atoms with Crippen LogP contribution in [0.5, 0.6) is 5.75 Å². The van der Waals surface area contributed by atoms with Crippen molar-refractivity contribution < 1.29 is 9.52 Å². The third-order valence-electron chi connectivity index (χ3n) is 3.09. The first-order valence-corrected chi connectivity index (χ1v) is 5.00. The van der Waals surface area contributed by atoms with E-state index in [1.165, 1.54) is 6.39 Å². The monoisotopic (exact) mass is 201 g/mol. The molecule has 1 aromatic heterocycles. The summed E-state index contributed by atoms with van der Waals surface area (Å²) >= 11 is 0. The number of nitrogens with zero attached hydrogens (tertiary/aromatic N) is 1. The standard InChI is InChI=1S/C12H11NO2/c14-10-4-2-1-3-9(10)12(5-6-12)11-7-15-8-13-11/h1-4,7-8,14H,5-6H2. The molecular weight excluding hydrogens is 190 g/mol. The van der Waals surface area contributed by atoms with Gasteiger partial charge in [-0.15, -0.1) is 0 Å². The van der Waals surface area contributed by atoms with Crippen LogP contribution >= 0.6 is 0 Å². The highest BCUT2D eigenvalue weighted by molar-refractivity contribution is 5.48. The molecule has 0 radical (unpaired) electrons. The fourth-order valence-electron chi connectivity index (χ4n) is 2.12. The Morgan fingerprint density at radius 3 is 2.67 bits per heavy atom. The Kier molecular flexibility index (Phi) is 1.63. The van der Waals surface area contributed by atoms with Crippen molar-refractivity contribution in [1.29, 1.82) is 0 Å². The summed E-state index contributed by atoms with van der Waals surface area (Å²) in [4.78, 5) is 4.19. The molecule has 0 aliphatic heterocycles. The van der Waals surface area contributed by atoms with Crippen LogP contribution in [0.1, 0.15) is 24.1 Å². The van der Waals surface area contributed by atoms with Crippen molar-refractivity contribution in [3.05, 3.63) is 48.2 Å². The number of aromatic nitrogens is 1. The van der Waals surface area contributed by atoms with E-state index in [1.54, 1.807) is 12.3 Å². The fraction of sp³-hybridized carbons (Fsp3) is 0.250. The topological polar surface area (TPSA) is 46.3 Å². The minimum atomic E-state index is -0.0989. The highest BCUT2D eigenvalue weighted by Crippen LogP contribution is 2.55. The highest BCUT2D eigenvalue weighted by Gasteiger charge is 2.49. The second-order valence-electron chi connectivity index (χ2n) is 3.97. The van der Waals surface area contributed by atoms with E-state index in [0.29, 0.717) is 5.75 Å². The molecule has 1 fully saturated rings. The summed E-state index contributed by atoms with van der Waals surface area (Å²) < 4.78 is 5.01. The average Bonchev–Trinajstić information content (AvgIpc) is 2.87. The Morgan fingerprint density at radius 1 is 1.27 bits per heavy atom. The summed E-state index contributed by atoms with van der Waals surface area (Å²) in [5, 5.41) is 9.83. The molecule has 1 aliphatic carbocycles. The summed E-state index contributed by atoms with van der Waals surface area (Å²) in [5.74, 6) is 0.345. The lowest BCUT2D eigenvalue weighted by atomic mass is 9.92. The zero-order chi connectivity index (χ0) is 10.3. The third-order valence-corrected chi connectivity index (χ3v) is 3.09. The molecule has 0 atom stereocenters. The van der Waals surface area contributed by atoms with Gasteiger partial charge >= 0.3 is 0 Å². The molecule has 0 spiro atoms. The molecule has 1 heterocycles. The highest BCUT2D eigenvalue weighted by atomic mass is 16.3. The molecule has 0 unspecified atom stereocenters. The van der Waals surface area contributed by atoms with Crippen molar-refractivity contribution in [3.8, 4) is 5.75 Å². The van der Waals surface area contributed by atoms with Crippen LogP contribution in [0.3, 0.4) is 0 Å². The minimum absolute atomic E-state index is 0.0989. The third kappa shape index (κ3) is 1.16. The molecule has 76 valence electrons. The van der Waals surface area contributed by atoms with E-state index in [0.717, 1.165) is 24.1 Å². The first kappa shape index (κ1) is 8.53. The molecule has 15 heavy (non-hydrogen) atoms. The van der Waals surface area contributed by atoms with Gasteiger partial charge in [-0.1, -0.05) is 18.2 Å². The number of oxazole rings is 1. The largest absolute Gasteiger partial charge is 0.508 e. The van der Waals surface area contributed by atoms with Crippen LogP contribution in [0, 0.1) is 0 Å². The van der Waals surface area contributed by atoms with Gasteiger partial charge in [0.25, 0.3) is 0 Å². The van der Waals surface area contributed by atoms with Crippen LogP contribution in [-0.4, -0.2) is 10.1 Å². The van der Waals surface area contributed by atoms with Crippen molar-refractivity contribution in [2.75, 3.05) is 0 Å². The van der Waals surface area contributed by atoms with Crippen molar-refractivity contribution in [3.63, 3.8) is 0 Å². The van der Waals surface area contributed by atoms with Crippen LogP contribution < -0.4 is 0 Å². The number of para-hydroxylation sites is 1. The molecule has 0 saturated heterocycles.